The van der Waals surface area contributed by atoms with Crippen LogP contribution in [0.15, 0.2) is 30.5 Å². The summed E-state index contributed by atoms with van der Waals surface area (Å²) >= 11 is 2.07. The van der Waals surface area contributed by atoms with Gasteiger partial charge in [0.05, 0.1) is 18.3 Å². The molecular formula is C25H22F2IN7. The van der Waals surface area contributed by atoms with Gasteiger partial charge in [-0.3, -0.25) is 4.90 Å². The Hall–Kier alpha value is -3.17. The zero-order valence-corrected chi connectivity index (χ0v) is 21.3. The van der Waals surface area contributed by atoms with Crippen LogP contribution in [0.3, 0.4) is 0 Å². The van der Waals surface area contributed by atoms with Crippen molar-refractivity contribution in [3.8, 4) is 23.6 Å². The molecule has 0 fully saturated rings. The van der Waals surface area contributed by atoms with Gasteiger partial charge in [0.25, 0.3) is 0 Å². The Morgan fingerprint density at radius 3 is 2.77 bits per heavy atom. The van der Waals surface area contributed by atoms with E-state index in [-0.39, 0.29) is 23.2 Å². The number of nitrogens with zero attached hydrogens (tertiary/aromatic N) is 6. The van der Waals surface area contributed by atoms with Gasteiger partial charge < -0.3 is 9.88 Å². The second-order valence-electron chi connectivity index (χ2n) is 8.65. The fourth-order valence-corrected chi connectivity index (χ4v) is 5.36. The van der Waals surface area contributed by atoms with E-state index >= 15 is 0 Å². The largest absolute Gasteiger partial charge is 0.317 e. The second kappa shape index (κ2) is 9.47. The van der Waals surface area contributed by atoms with E-state index in [0.29, 0.717) is 27.3 Å². The van der Waals surface area contributed by atoms with Gasteiger partial charge in [0.15, 0.2) is 15.5 Å². The highest BCUT2D eigenvalue weighted by atomic mass is 127. The standard InChI is InChI=1S/C25H22F2IN7/c1-4-8-34-9-7-19-15(13-34)5-6-21(30-19)31-25-29-12-18(27)22(33-25)16-10-17(26)23-20(11-16)35(14(2)3)24(28)32-23/h1,5-6,10-12,14H,7-9,13H2,2-3H3,(H,29,30,31,33). The highest BCUT2D eigenvalue weighted by Crippen LogP contribution is 2.31. The number of benzene rings is 1. The minimum absolute atomic E-state index is 0.00213. The lowest BCUT2D eigenvalue weighted by Gasteiger charge is -2.26. The minimum Gasteiger partial charge on any atom is -0.317 e. The summed E-state index contributed by atoms with van der Waals surface area (Å²) in [5.41, 5.74) is 3.24. The molecule has 1 aromatic carbocycles. The molecule has 1 N–H and O–H groups in total. The van der Waals surface area contributed by atoms with Gasteiger partial charge in [-0.2, -0.15) is 0 Å². The van der Waals surface area contributed by atoms with Crippen LogP contribution in [0.1, 0.15) is 31.1 Å². The van der Waals surface area contributed by atoms with Crippen molar-refractivity contribution in [3.63, 3.8) is 0 Å². The van der Waals surface area contributed by atoms with E-state index in [2.05, 4.69) is 58.7 Å². The van der Waals surface area contributed by atoms with Crippen molar-refractivity contribution < 1.29 is 8.78 Å². The molecule has 0 unspecified atom stereocenters. The van der Waals surface area contributed by atoms with Crippen LogP contribution in [0.5, 0.6) is 0 Å². The van der Waals surface area contributed by atoms with Crippen LogP contribution in [0.25, 0.3) is 22.3 Å². The maximum absolute atomic E-state index is 14.9. The van der Waals surface area contributed by atoms with E-state index in [4.69, 9.17) is 6.42 Å². The van der Waals surface area contributed by atoms with Crippen molar-refractivity contribution in [2.45, 2.75) is 32.9 Å². The van der Waals surface area contributed by atoms with Crippen molar-refractivity contribution in [3.05, 3.63) is 57.2 Å². The quantitative estimate of drug-likeness (QED) is 0.260. The number of aromatic nitrogens is 5. The third-order valence-electron chi connectivity index (χ3n) is 5.92. The first-order valence-corrected chi connectivity index (χ1v) is 12.2. The number of hydrogen-bond acceptors (Lipinski definition) is 6. The average Bonchev–Trinajstić information content (AvgIpc) is 3.17. The predicted molar refractivity (Wildman–Crippen MR) is 139 cm³/mol. The predicted octanol–water partition coefficient (Wildman–Crippen LogP) is 5.09. The molecule has 0 amide bonds. The van der Waals surface area contributed by atoms with Gasteiger partial charge >= 0.3 is 0 Å². The van der Waals surface area contributed by atoms with E-state index in [9.17, 15) is 8.78 Å². The first-order chi connectivity index (χ1) is 16.8. The molecule has 178 valence electrons. The Labute approximate surface area is 215 Å². The maximum atomic E-state index is 14.9. The van der Waals surface area contributed by atoms with Crippen LogP contribution in [-0.4, -0.2) is 42.5 Å². The molecule has 4 heterocycles. The van der Waals surface area contributed by atoms with Gasteiger partial charge in [-0.05, 0) is 60.2 Å². The molecule has 3 aromatic heterocycles. The summed E-state index contributed by atoms with van der Waals surface area (Å²) in [5.74, 6) is 2.23. The monoisotopic (exact) mass is 585 g/mol. The SMILES string of the molecule is C#CCN1CCc2nc(Nc3ncc(F)c(-c4cc(F)c5nc(I)n(C(C)C)c5c4)n3)ccc2C1. The fraction of sp³-hybridized carbons (Fsp3) is 0.280. The lowest BCUT2D eigenvalue weighted by atomic mass is 10.1. The molecule has 0 saturated carbocycles. The van der Waals surface area contributed by atoms with Crippen molar-refractivity contribution in [2.24, 2.45) is 0 Å². The molecule has 0 atom stereocenters. The van der Waals surface area contributed by atoms with E-state index in [0.717, 1.165) is 37.0 Å². The summed E-state index contributed by atoms with van der Waals surface area (Å²) in [6.45, 7) is 6.17. The number of terminal acetylenes is 1. The first kappa shape index (κ1) is 23.6. The minimum atomic E-state index is -0.647. The van der Waals surface area contributed by atoms with Crippen LogP contribution >= 0.6 is 22.6 Å². The first-order valence-electron chi connectivity index (χ1n) is 11.2. The van der Waals surface area contributed by atoms with Gasteiger partial charge in [0.2, 0.25) is 5.95 Å². The zero-order chi connectivity index (χ0) is 24.7. The summed E-state index contributed by atoms with van der Waals surface area (Å²) in [7, 11) is 0. The number of hydrogen-bond donors (Lipinski definition) is 1. The Bertz CT molecular complexity index is 1480. The Balaban J connectivity index is 1.47. The number of pyridine rings is 1. The summed E-state index contributed by atoms with van der Waals surface area (Å²) in [4.78, 5) is 19.6. The van der Waals surface area contributed by atoms with Crippen LogP contribution < -0.4 is 5.32 Å². The highest BCUT2D eigenvalue weighted by molar-refractivity contribution is 14.1. The second-order valence-corrected chi connectivity index (χ2v) is 9.62. The van der Waals surface area contributed by atoms with E-state index in [1.165, 1.54) is 6.07 Å². The van der Waals surface area contributed by atoms with Gasteiger partial charge in [-0.25, -0.2) is 28.7 Å². The molecule has 0 spiro atoms. The van der Waals surface area contributed by atoms with Crippen LogP contribution in [0, 0.1) is 27.8 Å². The summed E-state index contributed by atoms with van der Waals surface area (Å²) < 4.78 is 32.3. The molecule has 10 heteroatoms. The van der Waals surface area contributed by atoms with E-state index < -0.39 is 11.6 Å². The molecule has 35 heavy (non-hydrogen) atoms. The molecule has 1 aliphatic heterocycles. The highest BCUT2D eigenvalue weighted by Gasteiger charge is 2.20. The van der Waals surface area contributed by atoms with Crippen molar-refractivity contribution in [2.75, 3.05) is 18.4 Å². The number of halogens is 3. The molecular weight excluding hydrogens is 563 g/mol. The topological polar surface area (TPSA) is 71.8 Å². The lowest BCUT2D eigenvalue weighted by molar-refractivity contribution is 0.284. The van der Waals surface area contributed by atoms with Crippen molar-refractivity contribution in [1.29, 1.82) is 0 Å². The molecule has 0 saturated heterocycles. The van der Waals surface area contributed by atoms with Gasteiger partial charge in [-0.1, -0.05) is 12.0 Å². The molecule has 1 aliphatic rings. The average molecular weight is 585 g/mol. The number of nitrogens with one attached hydrogen (secondary N) is 1. The van der Waals surface area contributed by atoms with E-state index in [1.54, 1.807) is 6.07 Å². The van der Waals surface area contributed by atoms with Crippen LogP contribution in [0.4, 0.5) is 20.5 Å². The normalized spacial score (nSPS) is 13.7. The molecule has 4 aromatic rings. The number of anilines is 2. The number of fused-ring (bicyclic) bond motifs is 2. The van der Waals surface area contributed by atoms with Gasteiger partial charge in [0, 0.05) is 36.8 Å². The van der Waals surface area contributed by atoms with Gasteiger partial charge in [0.1, 0.15) is 17.0 Å². The summed E-state index contributed by atoms with van der Waals surface area (Å²) in [6, 6.07) is 6.85. The maximum Gasteiger partial charge on any atom is 0.229 e. The third kappa shape index (κ3) is 4.58. The Morgan fingerprint density at radius 1 is 1.17 bits per heavy atom. The number of imidazole rings is 1. The van der Waals surface area contributed by atoms with Crippen molar-refractivity contribution in [1.82, 2.24) is 29.4 Å². The van der Waals surface area contributed by atoms with Crippen LogP contribution in [-0.2, 0) is 13.0 Å². The summed E-state index contributed by atoms with van der Waals surface area (Å²) in [5, 5.41) is 3.05. The molecule has 0 bridgehead atoms. The Morgan fingerprint density at radius 2 is 2.00 bits per heavy atom. The molecule has 0 radical (unpaired) electrons. The third-order valence-corrected chi connectivity index (χ3v) is 6.68. The zero-order valence-electron chi connectivity index (χ0n) is 19.2. The van der Waals surface area contributed by atoms with Crippen LogP contribution in [0.2, 0.25) is 0 Å². The van der Waals surface area contributed by atoms with E-state index in [1.807, 2.05) is 30.5 Å². The molecule has 7 nitrogen and oxygen atoms in total. The lowest BCUT2D eigenvalue weighted by Crippen LogP contribution is -2.31. The Kier molecular flexibility index (Phi) is 6.37. The fourth-order valence-electron chi connectivity index (χ4n) is 4.30. The smallest absolute Gasteiger partial charge is 0.229 e. The van der Waals surface area contributed by atoms with Gasteiger partial charge in [-0.15, -0.1) is 6.42 Å². The number of rotatable bonds is 5. The molecule has 5 rings (SSSR count). The molecule has 0 aliphatic carbocycles. The summed E-state index contributed by atoms with van der Waals surface area (Å²) in [6.07, 6.45) is 7.29. The van der Waals surface area contributed by atoms with Crippen molar-refractivity contribution >= 4 is 45.4 Å².